The predicted molar refractivity (Wildman–Crippen MR) is 154 cm³/mol. The summed E-state index contributed by atoms with van der Waals surface area (Å²) in [5.41, 5.74) is 5.21. The number of rotatable bonds is 3. The highest BCUT2D eigenvalue weighted by atomic mass is 127. The second-order valence-corrected chi connectivity index (χ2v) is 11.9. The molecule has 4 aromatic rings. The van der Waals surface area contributed by atoms with Crippen LogP contribution < -0.4 is 14.9 Å². The third kappa shape index (κ3) is 4.16. The predicted octanol–water partition coefficient (Wildman–Crippen LogP) is 5.30. The van der Waals surface area contributed by atoms with Crippen LogP contribution in [0.25, 0.3) is 11.8 Å². The van der Waals surface area contributed by atoms with Crippen molar-refractivity contribution < 1.29 is 10.0 Å². The molecule has 0 spiro atoms. The first-order valence-electron chi connectivity index (χ1n) is 11.4. The molecule has 0 amide bonds. The minimum Gasteiger partial charge on any atom is -0.501 e. The van der Waals surface area contributed by atoms with Gasteiger partial charge in [0.1, 0.15) is 0 Å². The maximum atomic E-state index is 13.8. The third-order valence-corrected chi connectivity index (χ3v) is 8.95. The van der Waals surface area contributed by atoms with E-state index in [4.69, 9.17) is 4.99 Å². The van der Waals surface area contributed by atoms with Crippen LogP contribution in [0.4, 0.5) is 5.69 Å². The van der Waals surface area contributed by atoms with Crippen LogP contribution in [0.15, 0.2) is 80.5 Å². The van der Waals surface area contributed by atoms with Crippen LogP contribution in [0.5, 0.6) is 5.75 Å². The van der Waals surface area contributed by atoms with Gasteiger partial charge in [0, 0.05) is 16.1 Å². The largest absolute Gasteiger partial charge is 0.501 e. The summed E-state index contributed by atoms with van der Waals surface area (Å²) < 4.78 is 3.46. The number of phenolic OH excluding ortho intramolecular Hbond substituents is 1. The number of nitrogens with zero attached hydrogens (tertiary/aromatic N) is 3. The van der Waals surface area contributed by atoms with Gasteiger partial charge in [-0.2, -0.15) is 0 Å². The van der Waals surface area contributed by atoms with Crippen LogP contribution in [0.1, 0.15) is 34.7 Å². The second-order valence-electron chi connectivity index (χ2n) is 8.79. The van der Waals surface area contributed by atoms with Gasteiger partial charge in [-0.05, 0) is 82.0 Å². The highest BCUT2D eigenvalue weighted by molar-refractivity contribution is 14.1. The molecule has 0 bridgehead atoms. The molecule has 10 heteroatoms. The second kappa shape index (κ2) is 9.34. The number of aryl methyl sites for hydroxylation is 1. The first-order valence-corrected chi connectivity index (χ1v) is 14.1. The first kappa shape index (κ1) is 24.3. The van der Waals surface area contributed by atoms with Gasteiger partial charge in [-0.3, -0.25) is 19.5 Å². The Balaban J connectivity index is 1.61. The molecule has 7 nitrogen and oxygen atoms in total. The molecule has 0 radical (unpaired) electrons. The van der Waals surface area contributed by atoms with Crippen LogP contribution in [-0.4, -0.2) is 14.6 Å². The van der Waals surface area contributed by atoms with E-state index in [0.717, 1.165) is 39.7 Å². The monoisotopic (exact) mass is 685 g/mol. The van der Waals surface area contributed by atoms with Gasteiger partial charge in [0.2, 0.25) is 5.75 Å². The molecule has 6 rings (SSSR count). The molecule has 1 N–H and O–H groups in total. The van der Waals surface area contributed by atoms with Crippen molar-refractivity contribution in [3.05, 3.63) is 126 Å². The number of halogens is 2. The fraction of sp³-hybridized carbons (Fsp3) is 0.111. The Labute approximate surface area is 236 Å². The summed E-state index contributed by atoms with van der Waals surface area (Å²) in [6, 6.07) is 18.8. The van der Waals surface area contributed by atoms with Gasteiger partial charge in [0.05, 0.1) is 24.8 Å². The molecule has 1 aromatic heterocycles. The van der Waals surface area contributed by atoms with Crippen molar-refractivity contribution >= 4 is 67.3 Å². The Morgan fingerprint density at radius 2 is 1.92 bits per heavy atom. The van der Waals surface area contributed by atoms with Crippen LogP contribution in [0, 0.1) is 13.7 Å². The number of aromatic hydroxyl groups is 1. The molecule has 2 aliphatic rings. The number of allylic oxidation sites excluding steroid dienone is 1. The van der Waals surface area contributed by atoms with Gasteiger partial charge in [0.15, 0.2) is 4.80 Å². The van der Waals surface area contributed by atoms with Crippen molar-refractivity contribution in [2.75, 3.05) is 0 Å². The number of hydrogen-bond donors (Lipinski definition) is 1. The zero-order chi connectivity index (χ0) is 25.8. The summed E-state index contributed by atoms with van der Waals surface area (Å²) in [7, 11) is 0. The number of aromatic nitrogens is 1. The lowest BCUT2D eigenvalue weighted by molar-refractivity contribution is -0.386. The Bertz CT molecular complexity index is 1830. The molecular weight excluding hydrogens is 669 g/mol. The van der Waals surface area contributed by atoms with Crippen molar-refractivity contribution in [1.29, 1.82) is 0 Å². The molecule has 0 unspecified atom stereocenters. The van der Waals surface area contributed by atoms with Crippen molar-refractivity contribution in [3.63, 3.8) is 0 Å². The molecule has 0 saturated heterocycles. The average molecular weight is 686 g/mol. The lowest BCUT2D eigenvalue weighted by atomic mass is 9.83. The van der Waals surface area contributed by atoms with E-state index < -0.39 is 10.6 Å². The van der Waals surface area contributed by atoms with E-state index in [1.807, 2.05) is 59.0 Å². The highest BCUT2D eigenvalue weighted by Crippen LogP contribution is 2.41. The lowest BCUT2D eigenvalue weighted by Crippen LogP contribution is -2.38. The van der Waals surface area contributed by atoms with E-state index in [1.165, 1.54) is 23.0 Å². The molecule has 1 aliphatic heterocycles. The van der Waals surface area contributed by atoms with Gasteiger partial charge >= 0.3 is 5.69 Å². The Morgan fingerprint density at radius 1 is 1.16 bits per heavy atom. The van der Waals surface area contributed by atoms with Gasteiger partial charge in [-0.25, -0.2) is 4.99 Å². The van der Waals surface area contributed by atoms with Gasteiger partial charge in [-0.1, -0.05) is 63.7 Å². The molecule has 1 aliphatic carbocycles. The van der Waals surface area contributed by atoms with Crippen molar-refractivity contribution in [3.8, 4) is 5.75 Å². The minimum atomic E-state index is -0.630. The summed E-state index contributed by atoms with van der Waals surface area (Å²) >= 11 is 6.62. The fourth-order valence-corrected chi connectivity index (χ4v) is 6.85. The molecule has 2 heterocycles. The first-order chi connectivity index (χ1) is 17.8. The fourth-order valence-electron chi connectivity index (χ4n) is 4.95. The summed E-state index contributed by atoms with van der Waals surface area (Å²) in [4.78, 5) is 30.2. The SMILES string of the molecule is O=c1/c(=C\c2cc(I)c(O)c([N+](=O)[O-])c2)sc2n1[C@H](c1ccc(Br)cc1)C1=C(N=2)c2ccccc2CC1. The van der Waals surface area contributed by atoms with E-state index in [-0.39, 0.29) is 17.4 Å². The number of hydrogen-bond acceptors (Lipinski definition) is 6. The number of nitro benzene ring substituents is 1. The zero-order valence-electron chi connectivity index (χ0n) is 19.0. The maximum absolute atomic E-state index is 13.8. The third-order valence-electron chi connectivity index (χ3n) is 6.62. The number of thiazole rings is 1. The Kier molecular flexibility index (Phi) is 6.12. The van der Waals surface area contributed by atoms with E-state index in [0.29, 0.717) is 18.5 Å². The van der Waals surface area contributed by atoms with E-state index in [9.17, 15) is 20.0 Å². The summed E-state index contributed by atoms with van der Waals surface area (Å²) in [6.07, 6.45) is 3.30. The summed E-state index contributed by atoms with van der Waals surface area (Å²) in [6.45, 7) is 0. The number of nitro groups is 1. The molecule has 37 heavy (non-hydrogen) atoms. The lowest BCUT2D eigenvalue weighted by Gasteiger charge is -2.30. The van der Waals surface area contributed by atoms with Crippen LogP contribution in [0.3, 0.4) is 0 Å². The van der Waals surface area contributed by atoms with Crippen molar-refractivity contribution in [1.82, 2.24) is 4.57 Å². The molecule has 184 valence electrons. The van der Waals surface area contributed by atoms with Crippen molar-refractivity contribution in [2.24, 2.45) is 4.99 Å². The highest BCUT2D eigenvalue weighted by Gasteiger charge is 2.32. The number of phenols is 1. The van der Waals surface area contributed by atoms with E-state index in [2.05, 4.69) is 28.1 Å². The van der Waals surface area contributed by atoms with Crippen LogP contribution >= 0.6 is 49.9 Å². The normalized spacial score (nSPS) is 16.6. The van der Waals surface area contributed by atoms with Gasteiger partial charge in [0.25, 0.3) is 5.56 Å². The smallest absolute Gasteiger partial charge is 0.312 e. The zero-order valence-corrected chi connectivity index (χ0v) is 23.6. The Morgan fingerprint density at radius 3 is 2.68 bits per heavy atom. The van der Waals surface area contributed by atoms with Gasteiger partial charge < -0.3 is 5.11 Å². The standard InChI is InChI=1S/C27H17BrIN3O4S/c28-17-8-5-16(6-9-17)24-19-10-7-15-3-1-2-4-18(15)23(19)30-27-31(24)26(34)22(37-27)13-14-11-20(29)25(33)21(12-14)32(35)36/h1-6,8-9,11-13,24,33H,7,10H2/b22-13+/t24-/m1/s1. The quantitative estimate of drug-likeness (QED) is 0.180. The average Bonchev–Trinajstić information content (AvgIpc) is 3.19. The molecular formula is C27H17BrIN3O4S. The van der Waals surface area contributed by atoms with Crippen LogP contribution in [0.2, 0.25) is 0 Å². The minimum absolute atomic E-state index is 0.201. The molecule has 0 saturated carbocycles. The summed E-state index contributed by atoms with van der Waals surface area (Å²) in [5, 5.41) is 21.5. The van der Waals surface area contributed by atoms with E-state index in [1.54, 1.807) is 16.7 Å². The van der Waals surface area contributed by atoms with Crippen LogP contribution in [-0.2, 0) is 6.42 Å². The number of benzene rings is 3. The molecule has 3 aromatic carbocycles. The maximum Gasteiger partial charge on any atom is 0.312 e. The number of fused-ring (bicyclic) bond motifs is 3. The summed E-state index contributed by atoms with van der Waals surface area (Å²) in [5.74, 6) is -0.384. The molecule has 1 atom stereocenters. The Hall–Kier alpha value is -3.09. The van der Waals surface area contributed by atoms with Crippen molar-refractivity contribution in [2.45, 2.75) is 18.9 Å². The van der Waals surface area contributed by atoms with E-state index >= 15 is 0 Å². The molecule has 0 fully saturated rings. The van der Waals surface area contributed by atoms with Gasteiger partial charge in [-0.15, -0.1) is 0 Å². The topological polar surface area (TPSA) is 97.7 Å².